The van der Waals surface area contributed by atoms with E-state index in [1.54, 1.807) is 11.1 Å². The maximum Gasteiger partial charge on any atom is 0.226 e. The average molecular weight is 392 g/mol. The third-order valence-corrected chi connectivity index (χ3v) is 8.39. The maximum atomic E-state index is 13.4. The Kier molecular flexibility index (Phi) is 5.48. The van der Waals surface area contributed by atoms with Crippen molar-refractivity contribution in [3.63, 3.8) is 0 Å². The molecule has 1 amide bonds. The van der Waals surface area contributed by atoms with Crippen molar-refractivity contribution in [2.24, 2.45) is 28.6 Å². The third kappa shape index (κ3) is 3.60. The minimum Gasteiger partial charge on any atom is -0.352 e. The molecule has 0 aromatic heterocycles. The van der Waals surface area contributed by atoms with E-state index in [1.165, 1.54) is 24.8 Å². The maximum absolute atomic E-state index is 13.4. The number of fused-ring (bicyclic) bond motifs is 3. The number of amides is 1. The molecule has 2 nitrogen and oxygen atoms in total. The molecular formula is C27H37NO. The van der Waals surface area contributed by atoms with Crippen LogP contribution in [-0.4, -0.2) is 5.91 Å². The first-order valence-corrected chi connectivity index (χ1v) is 11.6. The summed E-state index contributed by atoms with van der Waals surface area (Å²) in [4.78, 5) is 13.4. The average Bonchev–Trinajstić information content (AvgIpc) is 2.72. The zero-order chi connectivity index (χ0) is 20.6. The quantitative estimate of drug-likeness (QED) is 0.629. The molecule has 1 fully saturated rings. The van der Waals surface area contributed by atoms with Crippen LogP contribution in [0.2, 0.25) is 0 Å². The zero-order valence-electron chi connectivity index (χ0n) is 18.6. The van der Waals surface area contributed by atoms with Crippen LogP contribution in [0.1, 0.15) is 71.8 Å². The van der Waals surface area contributed by atoms with Crippen molar-refractivity contribution >= 4 is 5.91 Å². The summed E-state index contributed by atoms with van der Waals surface area (Å²) in [6.07, 6.45) is 11.9. The van der Waals surface area contributed by atoms with Gasteiger partial charge in [0.25, 0.3) is 0 Å². The van der Waals surface area contributed by atoms with Crippen LogP contribution in [-0.2, 0) is 11.3 Å². The van der Waals surface area contributed by atoms with Gasteiger partial charge in [-0.2, -0.15) is 0 Å². The number of hydrogen-bond acceptors (Lipinski definition) is 1. The second-order valence-corrected chi connectivity index (χ2v) is 10.4. The number of carbonyl (C=O) groups excluding carboxylic acids is 1. The van der Waals surface area contributed by atoms with Gasteiger partial charge in [0.1, 0.15) is 0 Å². The van der Waals surface area contributed by atoms with Crippen LogP contribution in [0, 0.1) is 28.6 Å². The van der Waals surface area contributed by atoms with Gasteiger partial charge in [0.05, 0.1) is 5.41 Å². The lowest BCUT2D eigenvalue weighted by atomic mass is 9.46. The van der Waals surface area contributed by atoms with Gasteiger partial charge in [-0.25, -0.2) is 0 Å². The van der Waals surface area contributed by atoms with Crippen molar-refractivity contribution in [2.75, 3.05) is 0 Å². The van der Waals surface area contributed by atoms with E-state index in [1.807, 2.05) is 18.2 Å². The Morgan fingerprint density at radius 3 is 2.66 bits per heavy atom. The summed E-state index contributed by atoms with van der Waals surface area (Å²) in [5, 5.41) is 3.28. The number of allylic oxidation sites excluding steroid dienone is 4. The molecule has 29 heavy (non-hydrogen) atoms. The van der Waals surface area contributed by atoms with E-state index < -0.39 is 0 Å². The van der Waals surface area contributed by atoms with E-state index in [2.05, 4.69) is 57.3 Å². The fourth-order valence-corrected chi connectivity index (χ4v) is 6.60. The van der Waals surface area contributed by atoms with Crippen LogP contribution in [0.4, 0.5) is 0 Å². The van der Waals surface area contributed by atoms with Crippen LogP contribution in [0.5, 0.6) is 0 Å². The van der Waals surface area contributed by atoms with E-state index in [4.69, 9.17) is 0 Å². The standard InChI is InChI=1S/C27H37NO/c1-19(2)21-11-13-23-22(17-21)12-14-24-26(23,3)15-8-16-27(24,4)25(29)28-18-20-9-6-5-7-10-20/h5-7,9-10,12,17,19,23-24H,8,11,13-16,18H2,1-4H3,(H,28,29)/t23-,24?,26+,27+/m0/s1. The summed E-state index contributed by atoms with van der Waals surface area (Å²) in [5.74, 6) is 1.94. The first kappa shape index (κ1) is 20.4. The second-order valence-electron chi connectivity index (χ2n) is 10.4. The second kappa shape index (κ2) is 7.78. The molecular weight excluding hydrogens is 354 g/mol. The minimum absolute atomic E-state index is 0.236. The van der Waals surface area contributed by atoms with Crippen molar-refractivity contribution in [1.29, 1.82) is 0 Å². The van der Waals surface area contributed by atoms with Gasteiger partial charge in [-0.1, -0.05) is 82.2 Å². The highest BCUT2D eigenvalue weighted by atomic mass is 16.2. The Bertz CT molecular complexity index is 820. The van der Waals surface area contributed by atoms with Crippen LogP contribution >= 0.6 is 0 Å². The van der Waals surface area contributed by atoms with Gasteiger partial charge in [-0.15, -0.1) is 0 Å². The van der Waals surface area contributed by atoms with Crippen molar-refractivity contribution < 1.29 is 4.79 Å². The highest BCUT2D eigenvalue weighted by Gasteiger charge is 2.56. The number of carbonyl (C=O) groups is 1. The fourth-order valence-electron chi connectivity index (χ4n) is 6.60. The summed E-state index contributed by atoms with van der Waals surface area (Å²) < 4.78 is 0. The molecule has 1 unspecified atom stereocenters. The molecule has 4 rings (SSSR count). The Labute approximate surface area is 176 Å². The Balaban J connectivity index is 1.57. The van der Waals surface area contributed by atoms with Crippen molar-refractivity contribution in [3.8, 4) is 0 Å². The van der Waals surface area contributed by atoms with Gasteiger partial charge >= 0.3 is 0 Å². The van der Waals surface area contributed by atoms with Crippen LogP contribution in [0.25, 0.3) is 0 Å². The summed E-state index contributed by atoms with van der Waals surface area (Å²) in [5.41, 5.74) is 4.31. The number of nitrogens with one attached hydrogen (secondary N) is 1. The molecule has 0 radical (unpaired) electrons. The molecule has 3 aliphatic rings. The SMILES string of the molecule is CC(C)C1=CC2=CCC3[C@](C)(C(=O)NCc4ccccc4)CCC[C@]3(C)[C@H]2CC1. The summed E-state index contributed by atoms with van der Waals surface area (Å²) in [6, 6.07) is 10.3. The largest absolute Gasteiger partial charge is 0.352 e. The molecule has 1 aromatic carbocycles. The minimum atomic E-state index is -0.272. The number of rotatable bonds is 4. The molecule has 2 heteroatoms. The molecule has 0 bridgehead atoms. The van der Waals surface area contributed by atoms with Crippen LogP contribution in [0.3, 0.4) is 0 Å². The summed E-state index contributed by atoms with van der Waals surface area (Å²) in [6.45, 7) is 9.99. The molecule has 1 saturated carbocycles. The van der Waals surface area contributed by atoms with Gasteiger partial charge in [0.15, 0.2) is 0 Å². The number of benzene rings is 1. The van der Waals surface area contributed by atoms with Crippen LogP contribution in [0.15, 0.2) is 53.6 Å². The molecule has 1 N–H and O–H groups in total. The Morgan fingerprint density at radius 1 is 1.17 bits per heavy atom. The Hall–Kier alpha value is -1.83. The molecule has 3 aliphatic carbocycles. The lowest BCUT2D eigenvalue weighted by Crippen LogP contribution is -2.55. The zero-order valence-corrected chi connectivity index (χ0v) is 18.6. The molecule has 4 atom stereocenters. The monoisotopic (exact) mass is 391 g/mol. The molecule has 1 aromatic rings. The predicted molar refractivity (Wildman–Crippen MR) is 120 cm³/mol. The van der Waals surface area contributed by atoms with E-state index in [0.29, 0.717) is 24.3 Å². The van der Waals surface area contributed by atoms with E-state index in [9.17, 15) is 4.79 Å². The lowest BCUT2D eigenvalue weighted by Gasteiger charge is -2.57. The molecule has 0 saturated heterocycles. The highest BCUT2D eigenvalue weighted by Crippen LogP contribution is 2.62. The Morgan fingerprint density at radius 2 is 1.93 bits per heavy atom. The van der Waals surface area contributed by atoms with Crippen LogP contribution < -0.4 is 5.32 Å². The highest BCUT2D eigenvalue weighted by molar-refractivity contribution is 5.83. The van der Waals surface area contributed by atoms with Crippen molar-refractivity contribution in [3.05, 3.63) is 59.2 Å². The normalized spacial score (nSPS) is 34.0. The van der Waals surface area contributed by atoms with Gasteiger partial charge < -0.3 is 5.32 Å². The van der Waals surface area contributed by atoms with Gasteiger partial charge in [0, 0.05) is 6.54 Å². The van der Waals surface area contributed by atoms with E-state index in [-0.39, 0.29) is 16.7 Å². The molecule has 0 aliphatic heterocycles. The topological polar surface area (TPSA) is 29.1 Å². The number of hydrogen-bond donors (Lipinski definition) is 1. The van der Waals surface area contributed by atoms with Gasteiger partial charge in [0.2, 0.25) is 5.91 Å². The first-order chi connectivity index (χ1) is 13.8. The van der Waals surface area contributed by atoms with Crippen molar-refractivity contribution in [1.82, 2.24) is 5.32 Å². The molecule has 0 heterocycles. The van der Waals surface area contributed by atoms with E-state index >= 15 is 0 Å². The van der Waals surface area contributed by atoms with Crippen molar-refractivity contribution in [2.45, 2.75) is 72.8 Å². The molecule has 156 valence electrons. The summed E-state index contributed by atoms with van der Waals surface area (Å²) >= 11 is 0. The van der Waals surface area contributed by atoms with Gasteiger partial charge in [-0.3, -0.25) is 4.79 Å². The smallest absolute Gasteiger partial charge is 0.226 e. The first-order valence-electron chi connectivity index (χ1n) is 11.6. The molecule has 0 spiro atoms. The summed E-state index contributed by atoms with van der Waals surface area (Å²) in [7, 11) is 0. The fraction of sp³-hybridized carbons (Fsp3) is 0.593. The van der Waals surface area contributed by atoms with Gasteiger partial charge in [-0.05, 0) is 66.4 Å². The third-order valence-electron chi connectivity index (χ3n) is 8.39. The van der Waals surface area contributed by atoms with E-state index in [0.717, 1.165) is 19.3 Å². The lowest BCUT2D eigenvalue weighted by molar-refractivity contribution is -0.144. The predicted octanol–water partition coefficient (Wildman–Crippen LogP) is 6.44.